The van der Waals surface area contributed by atoms with Gasteiger partial charge in [0.25, 0.3) is 0 Å². The summed E-state index contributed by atoms with van der Waals surface area (Å²) in [5.41, 5.74) is 28.0. The lowest BCUT2D eigenvalue weighted by molar-refractivity contribution is -0.193. The van der Waals surface area contributed by atoms with Crippen LogP contribution in [0.4, 0.5) is 13.2 Å². The van der Waals surface area contributed by atoms with E-state index in [1.165, 1.54) is 40.5 Å². The highest BCUT2D eigenvalue weighted by Crippen LogP contribution is 2.27. The summed E-state index contributed by atoms with van der Waals surface area (Å²) < 4.78 is 40.0. The average Bonchev–Trinajstić information content (AvgIpc) is 0.824. The van der Waals surface area contributed by atoms with Crippen LogP contribution in [0.3, 0.4) is 0 Å². The zero-order valence-electron chi connectivity index (χ0n) is 72.4. The molecule has 129 heavy (non-hydrogen) atoms. The molecule has 29 heteroatoms. The maximum Gasteiger partial charge on any atom is 0.373 e. The Morgan fingerprint density at radius 3 is 0.961 bits per heavy atom. The number of amides is 2. The summed E-state index contributed by atoms with van der Waals surface area (Å²) in [6, 6.07) is 66.0. The Morgan fingerprint density at radius 1 is 0.333 bits per heavy atom. The van der Waals surface area contributed by atoms with Crippen molar-refractivity contribution in [1.82, 2.24) is 80.7 Å². The SMILES string of the molecule is Fc1cc(F)cc(CCCc2nccc(-c3cccc(CN4CCNCC4)c3)n2)c1.NC(=O)C1CNCCN1Cc1cccc(-c2ccnc(CCCc3ccc(O)cc3)n2)c1.NC(=O)C1CNCCN1Cc1cccc(-c2ccnc(CCCc3cccc(F)c3)n2)c1.O=C=O.O=C=O.Oc1ccc(CCCc2nccc(-c3cccc(CN4CCNCC4)c3)n2)cc1. The van der Waals surface area contributed by atoms with Gasteiger partial charge in [0.05, 0.1) is 22.8 Å². The number of primary amides is 2. The van der Waals surface area contributed by atoms with Gasteiger partial charge >= 0.3 is 12.3 Å². The Kier molecular flexibility index (Phi) is 39.1. The van der Waals surface area contributed by atoms with Gasteiger partial charge in [0.2, 0.25) is 11.8 Å². The van der Waals surface area contributed by atoms with Gasteiger partial charge in [-0.2, -0.15) is 19.2 Å². The lowest BCUT2D eigenvalue weighted by atomic mass is 10.1. The predicted molar refractivity (Wildman–Crippen MR) is 486 cm³/mol. The Bertz CT molecular complexity index is 5550. The summed E-state index contributed by atoms with van der Waals surface area (Å²) in [5.74, 6) is 1.95. The Hall–Kier alpha value is -13.2. The van der Waals surface area contributed by atoms with Crippen molar-refractivity contribution in [2.45, 2.75) is 115 Å². The Balaban J connectivity index is 0.000000163. The van der Waals surface area contributed by atoms with Gasteiger partial charge in [-0.1, -0.05) is 109 Å². The summed E-state index contributed by atoms with van der Waals surface area (Å²) in [5, 5.41) is 32.0. The Labute approximate surface area is 750 Å². The van der Waals surface area contributed by atoms with Crippen molar-refractivity contribution in [2.75, 3.05) is 91.6 Å². The molecule has 8 aromatic carbocycles. The second kappa shape index (κ2) is 52.2. The van der Waals surface area contributed by atoms with E-state index < -0.39 is 11.6 Å². The van der Waals surface area contributed by atoms with Crippen molar-refractivity contribution in [3.8, 4) is 56.5 Å². The van der Waals surface area contributed by atoms with Crippen LogP contribution in [-0.4, -0.2) is 198 Å². The van der Waals surface area contributed by atoms with Crippen molar-refractivity contribution in [2.24, 2.45) is 11.5 Å². The van der Waals surface area contributed by atoms with Crippen LogP contribution in [0.5, 0.6) is 11.5 Å². The molecule has 0 radical (unpaired) electrons. The number of benzene rings is 8. The first-order valence-corrected chi connectivity index (χ1v) is 43.6. The third-order valence-corrected chi connectivity index (χ3v) is 22.2. The molecule has 0 spiro atoms. The third kappa shape index (κ3) is 32.9. The van der Waals surface area contributed by atoms with Crippen molar-refractivity contribution < 1.29 is 52.2 Å². The largest absolute Gasteiger partial charge is 0.508 e. The normalized spacial score (nSPS) is 15.2. The number of rotatable bonds is 30. The standard InChI is InChI=1S/C25H28FN5O.C25H29N5O2.C24H26F2N4.C24H28N4O.2CO2/c26-21-8-2-4-18(15-21)5-3-9-24-29-11-10-22(30-24)20-7-1-6-19(14-20)17-31-13-12-28-16-23(31)25(27)32;26-25(32)23-16-27-13-14-30(23)17-19-4-1-5-20(15-19)22-11-12-28-24(29-22)6-2-3-18-7-9-21(31)10-8-18;25-21-14-18(15-22(26)16-21)3-2-6-24-28-8-7-23(29-24)20-5-1-4-19(13-20)17-30-11-9-27-10-12-30;29-22-9-7-19(8-10-22)3-2-6-24-26-12-11-23(27-24)21-5-1-4-20(17-21)18-28-15-13-25-14-16-28;2*2-1-3/h1-2,4,6-8,10-11,14-15,23,28H,3,5,9,12-13,16-17H2,(H2,27,32);1,4-5,7-12,15,23,27,31H,2-3,6,13-14,16-17H2,(H2,26,32);1,4-5,7-8,13-16,27H,2-3,6,9-12,17H2;1,4-5,7-12,17,25,29H,2-3,6,13-16,18H2;;. The van der Waals surface area contributed by atoms with E-state index >= 15 is 0 Å². The topological polar surface area (TPSA) is 359 Å². The van der Waals surface area contributed by atoms with Gasteiger partial charge in [0.1, 0.15) is 64.3 Å². The highest BCUT2D eigenvalue weighted by Gasteiger charge is 2.29. The molecule has 0 saturated carbocycles. The minimum atomic E-state index is -0.538. The number of nitrogens with one attached hydrogen (secondary N) is 4. The fourth-order valence-electron chi connectivity index (χ4n) is 15.8. The molecule has 12 aromatic rings. The molecular formula is C100H111F3N18O8. The molecular weight excluding hydrogens is 1640 g/mol. The van der Waals surface area contributed by atoms with Crippen molar-refractivity contribution >= 4 is 24.1 Å². The van der Waals surface area contributed by atoms with Gasteiger partial charge in [-0.25, -0.2) is 53.0 Å². The van der Waals surface area contributed by atoms with Gasteiger partial charge in [0, 0.05) is 197 Å². The number of aryl methyl sites for hydroxylation is 8. The number of hydrogen-bond acceptors (Lipinski definition) is 24. The molecule has 8 heterocycles. The molecule has 0 bridgehead atoms. The van der Waals surface area contributed by atoms with Gasteiger partial charge in [-0.05, 0) is 193 Å². The Morgan fingerprint density at radius 2 is 0.628 bits per heavy atom. The lowest BCUT2D eigenvalue weighted by Crippen LogP contribution is -2.56. The molecule has 0 aliphatic carbocycles. The van der Waals surface area contributed by atoms with E-state index in [1.807, 2.05) is 85.2 Å². The third-order valence-electron chi connectivity index (χ3n) is 22.2. The van der Waals surface area contributed by atoms with E-state index in [1.54, 1.807) is 48.8 Å². The van der Waals surface area contributed by atoms with Crippen LogP contribution in [0.15, 0.2) is 237 Å². The number of carbonyl (C=O) groups is 2. The molecule has 16 rings (SSSR count). The number of phenols is 2. The fraction of sp³-hybridized carbons (Fsp3) is 0.320. The molecule has 2 amide bonds. The van der Waals surface area contributed by atoms with Gasteiger partial charge in [0.15, 0.2) is 0 Å². The molecule has 2 unspecified atom stereocenters. The molecule has 4 aliphatic rings. The highest BCUT2D eigenvalue weighted by atomic mass is 19.1. The van der Waals surface area contributed by atoms with Gasteiger partial charge in [-0.15, -0.1) is 0 Å². The zero-order chi connectivity index (χ0) is 90.7. The molecule has 670 valence electrons. The van der Waals surface area contributed by atoms with E-state index in [4.69, 9.17) is 50.6 Å². The molecule has 10 N–H and O–H groups in total. The predicted octanol–water partition coefficient (Wildman–Crippen LogP) is 11.3. The number of nitrogens with two attached hydrogens (primary N) is 2. The minimum Gasteiger partial charge on any atom is -0.508 e. The van der Waals surface area contributed by atoms with Gasteiger partial charge < -0.3 is 42.9 Å². The summed E-state index contributed by atoms with van der Waals surface area (Å²) in [4.78, 5) is 102. The molecule has 4 fully saturated rings. The summed E-state index contributed by atoms with van der Waals surface area (Å²) in [6.45, 7) is 16.2. The first-order valence-electron chi connectivity index (χ1n) is 43.6. The van der Waals surface area contributed by atoms with Crippen LogP contribution in [0.25, 0.3) is 45.0 Å². The lowest BCUT2D eigenvalue weighted by Gasteiger charge is -2.34. The maximum atomic E-state index is 13.3. The highest BCUT2D eigenvalue weighted by molar-refractivity contribution is 5.81. The monoisotopic (exact) mass is 1750 g/mol. The second-order valence-corrected chi connectivity index (χ2v) is 31.8. The summed E-state index contributed by atoms with van der Waals surface area (Å²) in [6.07, 6.45) is 17.5. The quantitative estimate of drug-likeness (QED) is 0.0207. The van der Waals surface area contributed by atoms with E-state index in [-0.39, 0.29) is 47.8 Å². The van der Waals surface area contributed by atoms with Crippen LogP contribution in [-0.2, 0) is 106 Å². The number of phenolic OH excluding ortho intramolecular Hbond substituents is 2. The number of aromatic hydroxyl groups is 2. The van der Waals surface area contributed by atoms with Crippen molar-refractivity contribution in [3.63, 3.8) is 0 Å². The molecule has 4 aromatic heterocycles. The first kappa shape index (κ1) is 96.5. The van der Waals surface area contributed by atoms with E-state index in [0.717, 1.165) is 247 Å². The number of carbonyl (C=O) groups excluding carboxylic acids is 6. The van der Waals surface area contributed by atoms with Crippen LogP contribution in [0, 0.1) is 17.5 Å². The molecule has 4 saturated heterocycles. The van der Waals surface area contributed by atoms with E-state index in [9.17, 15) is 33.0 Å². The van der Waals surface area contributed by atoms with Crippen molar-refractivity contribution in [3.05, 3.63) is 322 Å². The summed E-state index contributed by atoms with van der Waals surface area (Å²) >= 11 is 0. The summed E-state index contributed by atoms with van der Waals surface area (Å²) in [7, 11) is 0. The first-order chi connectivity index (χ1) is 62.9. The van der Waals surface area contributed by atoms with E-state index in [2.05, 4.69) is 140 Å². The molecule has 26 nitrogen and oxygen atoms in total. The van der Waals surface area contributed by atoms with Crippen molar-refractivity contribution in [1.29, 1.82) is 0 Å². The molecule has 2 atom stereocenters. The number of nitrogens with zero attached hydrogens (tertiary/aromatic N) is 12. The van der Waals surface area contributed by atoms with E-state index in [0.29, 0.717) is 50.3 Å². The fourth-order valence-corrected chi connectivity index (χ4v) is 15.8. The number of hydrogen-bond donors (Lipinski definition) is 8. The number of piperazine rings is 4. The van der Waals surface area contributed by atoms with Gasteiger partial charge in [-0.3, -0.25) is 29.2 Å². The zero-order valence-corrected chi connectivity index (χ0v) is 72.4. The van der Waals surface area contributed by atoms with Crippen LogP contribution < -0.4 is 32.7 Å². The van der Waals surface area contributed by atoms with Crippen LogP contribution in [0.2, 0.25) is 0 Å². The molecule has 4 aliphatic heterocycles. The van der Waals surface area contributed by atoms with Crippen LogP contribution >= 0.6 is 0 Å². The average molecular weight is 1750 g/mol. The number of aromatic nitrogens is 8. The minimum absolute atomic E-state index is 0.205. The number of halogens is 3. The van der Waals surface area contributed by atoms with Crippen LogP contribution in [0.1, 0.15) is 93.5 Å². The smallest absolute Gasteiger partial charge is 0.373 e. The second-order valence-electron chi connectivity index (χ2n) is 31.8. The maximum absolute atomic E-state index is 13.3.